The van der Waals surface area contributed by atoms with Crippen molar-refractivity contribution in [3.8, 4) is 0 Å². The molecular weight excluding hydrogens is 313 g/mol. The molecule has 0 radical (unpaired) electrons. The van der Waals surface area contributed by atoms with Gasteiger partial charge in [-0.3, -0.25) is 4.79 Å². The van der Waals surface area contributed by atoms with Gasteiger partial charge < -0.3 is 19.3 Å². The summed E-state index contributed by atoms with van der Waals surface area (Å²) in [5, 5.41) is 0. The third-order valence-electron chi connectivity index (χ3n) is 3.83. The fraction of sp³-hybridized carbons (Fsp3) is 0.533. The molecule has 1 aromatic carbocycles. The fourth-order valence-electron chi connectivity index (χ4n) is 2.84. The van der Waals surface area contributed by atoms with Crippen LogP contribution in [0.25, 0.3) is 0 Å². The molecule has 2 heterocycles. The minimum absolute atomic E-state index is 0.121. The van der Waals surface area contributed by atoms with Gasteiger partial charge in [0.2, 0.25) is 0 Å². The molecule has 1 amide bonds. The summed E-state index contributed by atoms with van der Waals surface area (Å²) in [6, 6.07) is 6.61. The Labute approximate surface area is 131 Å². The lowest BCUT2D eigenvalue weighted by Crippen LogP contribution is -2.51. The van der Waals surface area contributed by atoms with E-state index in [1.54, 1.807) is 24.3 Å². The van der Waals surface area contributed by atoms with Gasteiger partial charge in [0.1, 0.15) is 6.54 Å². The van der Waals surface area contributed by atoms with Crippen molar-refractivity contribution in [2.75, 3.05) is 49.3 Å². The maximum Gasteiger partial charge on any atom is 0.405 e. The Bertz CT molecular complexity index is 573. The van der Waals surface area contributed by atoms with Crippen LogP contribution in [0.3, 0.4) is 0 Å². The van der Waals surface area contributed by atoms with E-state index in [1.807, 2.05) is 0 Å². The highest BCUT2D eigenvalue weighted by atomic mass is 19.4. The molecule has 1 saturated heterocycles. The standard InChI is InChI=1S/C15H17F3N2O3/c16-15(17,18)10-19-5-6-20(12-4-2-1-3-11(12)19)14(21)13-9-22-7-8-23-13/h1-4,13H,5-10H2/t13-/m1/s1. The Balaban J connectivity index is 1.83. The summed E-state index contributed by atoms with van der Waals surface area (Å²) in [6.45, 7) is 0.228. The predicted molar refractivity (Wildman–Crippen MR) is 77.6 cm³/mol. The van der Waals surface area contributed by atoms with E-state index in [0.717, 1.165) is 0 Å². The van der Waals surface area contributed by atoms with Crippen molar-refractivity contribution in [2.24, 2.45) is 0 Å². The maximum absolute atomic E-state index is 12.7. The zero-order valence-electron chi connectivity index (χ0n) is 12.4. The smallest absolute Gasteiger partial charge is 0.376 e. The van der Waals surface area contributed by atoms with Gasteiger partial charge >= 0.3 is 6.18 Å². The first-order chi connectivity index (χ1) is 11.0. The van der Waals surface area contributed by atoms with Gasteiger partial charge in [-0.25, -0.2) is 0 Å². The van der Waals surface area contributed by atoms with Crippen LogP contribution in [0.2, 0.25) is 0 Å². The van der Waals surface area contributed by atoms with E-state index >= 15 is 0 Å². The molecule has 8 heteroatoms. The van der Waals surface area contributed by atoms with Crippen LogP contribution in [0, 0.1) is 0 Å². The molecule has 2 aliphatic rings. The van der Waals surface area contributed by atoms with Crippen LogP contribution in [0.1, 0.15) is 0 Å². The number of ether oxygens (including phenoxy) is 2. The summed E-state index contributed by atoms with van der Waals surface area (Å²) < 4.78 is 48.8. The molecule has 1 atom stereocenters. The van der Waals surface area contributed by atoms with Gasteiger partial charge in [0.05, 0.1) is 31.2 Å². The summed E-state index contributed by atoms with van der Waals surface area (Å²) in [4.78, 5) is 15.3. The van der Waals surface area contributed by atoms with Gasteiger partial charge in [0, 0.05) is 13.1 Å². The lowest BCUT2D eigenvalue weighted by Gasteiger charge is -2.39. The van der Waals surface area contributed by atoms with Crippen LogP contribution in [-0.4, -0.2) is 57.6 Å². The molecule has 0 aliphatic carbocycles. The molecule has 3 rings (SSSR count). The molecule has 0 unspecified atom stereocenters. The number of anilines is 2. The molecule has 2 aliphatic heterocycles. The minimum atomic E-state index is -4.29. The van der Waals surface area contributed by atoms with Crippen LogP contribution in [0.15, 0.2) is 24.3 Å². The normalized spacial score (nSPS) is 22.0. The van der Waals surface area contributed by atoms with Crippen LogP contribution < -0.4 is 9.80 Å². The van der Waals surface area contributed by atoms with Gasteiger partial charge in [-0.05, 0) is 12.1 Å². The van der Waals surface area contributed by atoms with Crippen molar-refractivity contribution in [1.29, 1.82) is 0 Å². The SMILES string of the molecule is O=C([C@H]1COCCO1)N1CCN(CC(F)(F)F)c2ccccc21. The van der Waals surface area contributed by atoms with E-state index in [1.165, 1.54) is 9.80 Å². The Kier molecular flexibility index (Phi) is 4.45. The van der Waals surface area contributed by atoms with Crippen molar-refractivity contribution in [1.82, 2.24) is 0 Å². The van der Waals surface area contributed by atoms with Crippen LogP contribution in [0.4, 0.5) is 24.5 Å². The van der Waals surface area contributed by atoms with Crippen LogP contribution >= 0.6 is 0 Å². The van der Waals surface area contributed by atoms with Crippen LogP contribution in [0.5, 0.6) is 0 Å². The van der Waals surface area contributed by atoms with Gasteiger partial charge in [-0.2, -0.15) is 13.2 Å². The molecule has 0 spiro atoms. The number of amides is 1. The number of benzene rings is 1. The quantitative estimate of drug-likeness (QED) is 0.830. The maximum atomic E-state index is 12.7. The van der Waals surface area contributed by atoms with Crippen molar-refractivity contribution in [3.63, 3.8) is 0 Å². The second-order valence-electron chi connectivity index (χ2n) is 5.45. The van der Waals surface area contributed by atoms with Crippen molar-refractivity contribution in [2.45, 2.75) is 12.3 Å². The monoisotopic (exact) mass is 330 g/mol. The van der Waals surface area contributed by atoms with Gasteiger partial charge in [-0.15, -0.1) is 0 Å². The third kappa shape index (κ3) is 3.59. The van der Waals surface area contributed by atoms with Crippen molar-refractivity contribution in [3.05, 3.63) is 24.3 Å². The first-order valence-electron chi connectivity index (χ1n) is 7.37. The Morgan fingerprint density at radius 2 is 1.91 bits per heavy atom. The molecule has 23 heavy (non-hydrogen) atoms. The first-order valence-corrected chi connectivity index (χ1v) is 7.37. The number of halogens is 3. The minimum Gasteiger partial charge on any atom is -0.376 e. The molecule has 0 bridgehead atoms. The van der Waals surface area contributed by atoms with E-state index in [9.17, 15) is 18.0 Å². The highest BCUT2D eigenvalue weighted by Gasteiger charge is 2.37. The number of nitrogens with zero attached hydrogens (tertiary/aromatic N) is 2. The second-order valence-corrected chi connectivity index (χ2v) is 5.45. The lowest BCUT2D eigenvalue weighted by atomic mass is 10.1. The zero-order valence-corrected chi connectivity index (χ0v) is 12.4. The molecule has 1 aromatic rings. The molecular formula is C15H17F3N2O3. The Morgan fingerprint density at radius 1 is 1.17 bits per heavy atom. The number of alkyl halides is 3. The van der Waals surface area contributed by atoms with Crippen molar-refractivity contribution >= 4 is 17.3 Å². The van der Waals surface area contributed by atoms with E-state index in [-0.39, 0.29) is 25.6 Å². The zero-order chi connectivity index (χ0) is 16.4. The van der Waals surface area contributed by atoms with E-state index in [2.05, 4.69) is 0 Å². The first kappa shape index (κ1) is 16.1. The Hall–Kier alpha value is -1.80. The van der Waals surface area contributed by atoms with E-state index in [0.29, 0.717) is 24.6 Å². The van der Waals surface area contributed by atoms with E-state index < -0.39 is 18.8 Å². The summed E-state index contributed by atoms with van der Waals surface area (Å²) in [7, 11) is 0. The number of para-hydroxylation sites is 2. The van der Waals surface area contributed by atoms with Gasteiger partial charge in [-0.1, -0.05) is 12.1 Å². The third-order valence-corrected chi connectivity index (χ3v) is 3.83. The molecule has 0 N–H and O–H groups in total. The summed E-state index contributed by atoms with van der Waals surface area (Å²) in [5.41, 5.74) is 0.878. The fourth-order valence-corrected chi connectivity index (χ4v) is 2.84. The average molecular weight is 330 g/mol. The Morgan fingerprint density at radius 3 is 2.57 bits per heavy atom. The molecule has 1 fully saturated rings. The molecule has 0 saturated carbocycles. The lowest BCUT2D eigenvalue weighted by molar-refractivity contribution is -0.144. The van der Waals surface area contributed by atoms with Crippen molar-refractivity contribution < 1.29 is 27.4 Å². The second kappa shape index (κ2) is 6.37. The topological polar surface area (TPSA) is 42.0 Å². The molecule has 5 nitrogen and oxygen atoms in total. The number of rotatable bonds is 2. The highest BCUT2D eigenvalue weighted by Crippen LogP contribution is 2.35. The number of carbonyl (C=O) groups is 1. The summed E-state index contributed by atoms with van der Waals surface area (Å²) >= 11 is 0. The average Bonchev–Trinajstić information content (AvgIpc) is 2.54. The summed E-state index contributed by atoms with van der Waals surface area (Å²) in [5.74, 6) is -0.274. The van der Waals surface area contributed by atoms with Gasteiger partial charge in [0.15, 0.2) is 6.10 Å². The molecule has 126 valence electrons. The largest absolute Gasteiger partial charge is 0.405 e. The number of carbonyl (C=O) groups excluding carboxylic acids is 1. The molecule has 0 aromatic heterocycles. The highest BCUT2D eigenvalue weighted by molar-refractivity contribution is 6.00. The number of hydrogen-bond donors (Lipinski definition) is 0. The van der Waals surface area contributed by atoms with E-state index in [4.69, 9.17) is 9.47 Å². The van der Waals surface area contributed by atoms with Gasteiger partial charge in [0.25, 0.3) is 5.91 Å². The number of hydrogen-bond acceptors (Lipinski definition) is 4. The predicted octanol–water partition coefficient (Wildman–Crippen LogP) is 1.82. The summed E-state index contributed by atoms with van der Waals surface area (Å²) in [6.07, 6.45) is -4.99. The number of fused-ring (bicyclic) bond motifs is 1. The van der Waals surface area contributed by atoms with Crippen LogP contribution in [-0.2, 0) is 14.3 Å².